The second kappa shape index (κ2) is 5.36. The fourth-order valence-electron chi connectivity index (χ4n) is 7.60. The third-order valence-corrected chi connectivity index (χ3v) is 8.56. The molecule has 0 unspecified atom stereocenters. The van der Waals surface area contributed by atoms with Crippen LogP contribution >= 0.6 is 0 Å². The highest BCUT2D eigenvalue weighted by Crippen LogP contribution is 2.56. The third kappa shape index (κ3) is 1.73. The number of carbonyl (C=O) groups excluding carboxylic acids is 2. The number of nitrogens with zero attached hydrogens (tertiary/aromatic N) is 3. The zero-order chi connectivity index (χ0) is 19.8. The van der Waals surface area contributed by atoms with Gasteiger partial charge in [0, 0.05) is 41.3 Å². The number of hydrogen-bond donors (Lipinski definition) is 0. The molecule has 0 saturated carbocycles. The van der Waals surface area contributed by atoms with Crippen molar-refractivity contribution in [3.05, 3.63) is 22.5 Å². The van der Waals surface area contributed by atoms with Crippen LogP contribution in [0.15, 0.2) is 22.5 Å². The molecule has 8 heteroatoms. The molecule has 29 heavy (non-hydrogen) atoms. The number of hydrogen-bond acceptors (Lipinski definition) is 8. The van der Waals surface area contributed by atoms with Gasteiger partial charge in [0.15, 0.2) is 11.5 Å². The molecule has 0 aromatic carbocycles. The Morgan fingerprint density at radius 3 is 2.69 bits per heavy atom. The summed E-state index contributed by atoms with van der Waals surface area (Å²) in [5.74, 6) is 0.413. The quantitative estimate of drug-likeness (QED) is 0.547. The first kappa shape index (κ1) is 17.1. The average Bonchev–Trinajstić information content (AvgIpc) is 3.40. The van der Waals surface area contributed by atoms with Crippen molar-refractivity contribution >= 4 is 11.6 Å². The van der Waals surface area contributed by atoms with E-state index in [1.54, 1.807) is 6.92 Å². The zero-order valence-electron chi connectivity index (χ0n) is 16.8. The van der Waals surface area contributed by atoms with Crippen LogP contribution in [0.25, 0.3) is 0 Å². The number of rotatable bonds is 1. The first-order valence-electron chi connectivity index (χ1n) is 10.6. The molecule has 154 valence electrons. The van der Waals surface area contributed by atoms with Crippen LogP contribution in [0.3, 0.4) is 0 Å². The van der Waals surface area contributed by atoms with Crippen LogP contribution in [0.2, 0.25) is 0 Å². The van der Waals surface area contributed by atoms with Gasteiger partial charge in [-0.3, -0.25) is 24.3 Å². The van der Waals surface area contributed by atoms with Crippen molar-refractivity contribution in [3.63, 3.8) is 0 Å². The molecule has 2 bridgehead atoms. The average molecular weight is 399 g/mol. The number of fused-ring (bicyclic) bond motifs is 7. The van der Waals surface area contributed by atoms with Gasteiger partial charge in [0.05, 0.1) is 38.4 Å². The van der Waals surface area contributed by atoms with E-state index in [-0.39, 0.29) is 47.9 Å². The van der Waals surface area contributed by atoms with Gasteiger partial charge in [0.2, 0.25) is 5.78 Å². The summed E-state index contributed by atoms with van der Waals surface area (Å²) < 4.78 is 17.9. The lowest BCUT2D eigenvalue weighted by Crippen LogP contribution is -2.76. The van der Waals surface area contributed by atoms with Crippen molar-refractivity contribution < 1.29 is 23.8 Å². The van der Waals surface area contributed by atoms with Crippen LogP contribution in [0.4, 0.5) is 0 Å². The Hall–Kier alpha value is -1.58. The molecule has 0 amide bonds. The lowest BCUT2D eigenvalue weighted by molar-refractivity contribution is -0.157. The van der Waals surface area contributed by atoms with Gasteiger partial charge in [-0.05, 0) is 20.4 Å². The van der Waals surface area contributed by atoms with Gasteiger partial charge in [0.25, 0.3) is 0 Å². The van der Waals surface area contributed by atoms with E-state index < -0.39 is 0 Å². The second-order valence-corrected chi connectivity index (χ2v) is 9.39. The number of ether oxygens (including phenoxy) is 3. The van der Waals surface area contributed by atoms with Gasteiger partial charge in [-0.1, -0.05) is 0 Å². The molecule has 0 N–H and O–H groups in total. The van der Waals surface area contributed by atoms with E-state index in [0.717, 1.165) is 13.0 Å². The summed E-state index contributed by atoms with van der Waals surface area (Å²) in [6.07, 6.45) is 1.01. The second-order valence-electron chi connectivity index (χ2n) is 9.39. The molecule has 5 fully saturated rings. The van der Waals surface area contributed by atoms with Gasteiger partial charge in [-0.15, -0.1) is 0 Å². The monoisotopic (exact) mass is 399 g/mol. The molecule has 5 saturated heterocycles. The van der Waals surface area contributed by atoms with Crippen LogP contribution < -0.4 is 0 Å². The van der Waals surface area contributed by atoms with Crippen LogP contribution in [0.5, 0.6) is 0 Å². The van der Waals surface area contributed by atoms with Crippen molar-refractivity contribution in [2.24, 2.45) is 5.92 Å². The van der Waals surface area contributed by atoms with Crippen LogP contribution in [-0.2, 0) is 23.8 Å². The van der Waals surface area contributed by atoms with Crippen molar-refractivity contribution in [1.29, 1.82) is 0 Å². The molecule has 0 spiro atoms. The molecular formula is C21H25N3O5. The first-order chi connectivity index (χ1) is 14.0. The zero-order valence-corrected chi connectivity index (χ0v) is 16.8. The third-order valence-electron chi connectivity index (χ3n) is 8.56. The normalized spacial score (nSPS) is 48.5. The van der Waals surface area contributed by atoms with Crippen molar-refractivity contribution in [3.8, 4) is 0 Å². The number of likely N-dealkylation sites (N-methyl/N-ethyl adjacent to an activating group) is 1. The van der Waals surface area contributed by atoms with Gasteiger partial charge < -0.3 is 14.2 Å². The van der Waals surface area contributed by atoms with Gasteiger partial charge in [-0.2, -0.15) is 0 Å². The highest BCUT2D eigenvalue weighted by atomic mass is 16.5. The number of methoxy groups -OCH3 is 1. The SMILES string of the molecule is COC1=C(C)C(=O)C2=C(C1=O)[C@@H]1CO[C@H]3[C@@H]4C[C@H]5[C@H]([C@@H]([C@H]2N2CCO[C@H]52)N13)N4C. The van der Waals surface area contributed by atoms with Crippen molar-refractivity contribution in [2.75, 3.05) is 33.9 Å². The first-order valence-corrected chi connectivity index (χ1v) is 10.6. The van der Waals surface area contributed by atoms with Gasteiger partial charge in [-0.25, -0.2) is 0 Å². The summed E-state index contributed by atoms with van der Waals surface area (Å²) in [6.45, 7) is 3.65. The minimum Gasteiger partial charge on any atom is -0.492 e. The summed E-state index contributed by atoms with van der Waals surface area (Å²) in [4.78, 5) is 34.4. The predicted octanol–water partition coefficient (Wildman–Crippen LogP) is -0.493. The van der Waals surface area contributed by atoms with E-state index in [0.29, 0.717) is 47.9 Å². The Kier molecular flexibility index (Phi) is 3.17. The molecule has 7 rings (SSSR count). The molecule has 8 atom stereocenters. The summed E-state index contributed by atoms with van der Waals surface area (Å²) in [6, 6.07) is 0.460. The molecule has 7 aliphatic rings. The van der Waals surface area contributed by atoms with E-state index in [1.165, 1.54) is 7.11 Å². The lowest BCUT2D eigenvalue weighted by Gasteiger charge is -2.60. The maximum Gasteiger partial charge on any atom is 0.226 e. The standard InChI is InChI=1S/C21H25N3O5/c1-8-17(25)13-12(18(26)19(8)27-3)11-7-29-21-10-6-9-14(22(10)2)16(24(11)21)15(13)23-4-5-28-20(9)23/h9-11,14-16,20-21H,4-7H2,1-3H3/t9-,10-,11-,14+,15-,16-,20+,21-/m0/s1. The van der Waals surface area contributed by atoms with E-state index in [4.69, 9.17) is 14.2 Å². The van der Waals surface area contributed by atoms with E-state index in [9.17, 15) is 9.59 Å². The summed E-state index contributed by atoms with van der Waals surface area (Å²) in [5.41, 5.74) is 1.71. The molecule has 0 aromatic rings. The number of piperidine rings is 1. The summed E-state index contributed by atoms with van der Waals surface area (Å²) in [7, 11) is 3.66. The molecule has 1 aliphatic carbocycles. The number of Topliss-reactive ketones (excluding diaryl/α,β-unsaturated/α-hetero) is 2. The number of allylic oxidation sites excluding steroid dienone is 2. The molecular weight excluding hydrogens is 374 g/mol. The summed E-state index contributed by atoms with van der Waals surface area (Å²) in [5, 5.41) is 0. The van der Waals surface area contributed by atoms with Crippen LogP contribution in [0, 0.1) is 5.92 Å². The molecule has 0 aromatic heterocycles. The minimum absolute atomic E-state index is 0.00929. The number of ketones is 2. The molecule has 0 radical (unpaired) electrons. The Labute approximate surface area is 169 Å². The Balaban J connectivity index is 1.49. The van der Waals surface area contributed by atoms with Crippen molar-refractivity contribution in [1.82, 2.24) is 14.7 Å². The highest BCUT2D eigenvalue weighted by Gasteiger charge is 2.70. The largest absolute Gasteiger partial charge is 0.492 e. The highest BCUT2D eigenvalue weighted by molar-refractivity contribution is 6.25. The van der Waals surface area contributed by atoms with E-state index >= 15 is 0 Å². The Morgan fingerprint density at radius 2 is 1.90 bits per heavy atom. The topological polar surface area (TPSA) is 71.5 Å². The van der Waals surface area contributed by atoms with Gasteiger partial charge in [0.1, 0.15) is 12.5 Å². The fourth-order valence-corrected chi connectivity index (χ4v) is 7.60. The summed E-state index contributed by atoms with van der Waals surface area (Å²) >= 11 is 0. The van der Waals surface area contributed by atoms with Crippen molar-refractivity contribution in [2.45, 2.75) is 56.0 Å². The van der Waals surface area contributed by atoms with Crippen LogP contribution in [-0.4, -0.2) is 103 Å². The molecule has 6 aliphatic heterocycles. The van der Waals surface area contributed by atoms with Gasteiger partial charge >= 0.3 is 0 Å². The number of carbonyl (C=O) groups is 2. The van der Waals surface area contributed by atoms with Crippen LogP contribution in [0.1, 0.15) is 13.3 Å². The maximum atomic E-state index is 13.6. The minimum atomic E-state index is -0.163. The fraction of sp³-hybridized carbons (Fsp3) is 0.714. The maximum absolute atomic E-state index is 13.6. The lowest BCUT2D eigenvalue weighted by atomic mass is 9.70. The molecule has 6 heterocycles. The smallest absolute Gasteiger partial charge is 0.226 e. The molecule has 8 nitrogen and oxygen atoms in total. The van der Waals surface area contributed by atoms with E-state index in [1.807, 2.05) is 0 Å². The Bertz CT molecular complexity index is 927. The Morgan fingerprint density at radius 1 is 1.07 bits per heavy atom. The number of piperazine rings is 1. The predicted molar refractivity (Wildman–Crippen MR) is 99.6 cm³/mol. The van der Waals surface area contributed by atoms with E-state index in [2.05, 4.69) is 21.7 Å².